The van der Waals surface area contributed by atoms with Crippen molar-refractivity contribution >= 4 is 38.5 Å². The van der Waals surface area contributed by atoms with Gasteiger partial charge in [-0.05, 0) is 42.8 Å². The number of nitrogens with one attached hydrogen (secondary N) is 2. The van der Waals surface area contributed by atoms with Gasteiger partial charge in [0, 0.05) is 16.4 Å². The fourth-order valence-corrected chi connectivity index (χ4v) is 1.65. The zero-order chi connectivity index (χ0) is 16.0. The molecule has 21 heavy (non-hydrogen) atoms. The molecule has 0 radical (unpaired) electrons. The Hall–Kier alpha value is -2.02. The molecule has 0 bridgehead atoms. The first kappa shape index (κ1) is 17.0. The van der Waals surface area contributed by atoms with Gasteiger partial charge in [-0.15, -0.1) is 0 Å². The highest BCUT2D eigenvalue weighted by atomic mass is 79.9. The van der Waals surface area contributed by atoms with Crippen molar-refractivity contribution in [2.75, 3.05) is 5.32 Å². The lowest BCUT2D eigenvalue weighted by Gasteiger charge is -2.14. The first-order valence-electron chi connectivity index (χ1n) is 6.23. The molecule has 7 heteroatoms. The van der Waals surface area contributed by atoms with Crippen LogP contribution in [0.25, 0.3) is 11.0 Å². The number of aliphatic hydroxyl groups is 1. The highest BCUT2D eigenvalue weighted by Crippen LogP contribution is 2.22. The van der Waals surface area contributed by atoms with Gasteiger partial charge in [0.1, 0.15) is 17.9 Å². The Labute approximate surface area is 132 Å². The predicted octanol–water partition coefficient (Wildman–Crippen LogP) is 3.71. The summed E-state index contributed by atoms with van der Waals surface area (Å²) < 4.78 is 0.846. The van der Waals surface area contributed by atoms with Crippen molar-refractivity contribution in [3.63, 3.8) is 0 Å². The molecule has 2 aromatic rings. The Balaban J connectivity index is 0.000000491. The smallest absolute Gasteiger partial charge is 0.164 e. The third-order valence-electron chi connectivity index (χ3n) is 2.31. The maximum atomic E-state index is 9.28. The van der Waals surface area contributed by atoms with Crippen molar-refractivity contribution in [1.29, 1.82) is 5.41 Å². The minimum Gasteiger partial charge on any atom is -0.511 e. The van der Waals surface area contributed by atoms with Crippen LogP contribution in [0, 0.1) is 5.41 Å². The van der Waals surface area contributed by atoms with E-state index in [1.165, 1.54) is 6.33 Å². The van der Waals surface area contributed by atoms with Gasteiger partial charge in [0.15, 0.2) is 5.65 Å². The lowest BCUT2D eigenvalue weighted by molar-refractivity contribution is 0.384. The van der Waals surface area contributed by atoms with Crippen molar-refractivity contribution < 1.29 is 5.11 Å². The quantitative estimate of drug-likeness (QED) is 0.578. The average molecular weight is 352 g/mol. The van der Waals surface area contributed by atoms with E-state index in [2.05, 4.69) is 42.8 Å². The van der Waals surface area contributed by atoms with Gasteiger partial charge in [-0.25, -0.2) is 15.0 Å². The molecule has 6 nitrogen and oxygen atoms in total. The molecule has 0 saturated carbocycles. The molecular formula is C14H18BrN5O. The van der Waals surface area contributed by atoms with E-state index in [0.29, 0.717) is 17.2 Å². The highest BCUT2D eigenvalue weighted by molar-refractivity contribution is 9.10. The molecule has 0 fully saturated rings. The molecule has 0 saturated heterocycles. The van der Waals surface area contributed by atoms with E-state index in [-0.39, 0.29) is 11.8 Å². The third kappa shape index (κ3) is 5.47. The molecule has 0 aliphatic heterocycles. The van der Waals surface area contributed by atoms with E-state index in [0.717, 1.165) is 9.86 Å². The van der Waals surface area contributed by atoms with Crippen molar-refractivity contribution in [1.82, 2.24) is 15.0 Å². The summed E-state index contributed by atoms with van der Waals surface area (Å²) >= 11 is 3.35. The molecule has 0 aliphatic carbocycles. The fourth-order valence-electron chi connectivity index (χ4n) is 1.32. The first-order valence-corrected chi connectivity index (χ1v) is 7.03. The Morgan fingerprint density at radius 3 is 2.57 bits per heavy atom. The lowest BCUT2D eigenvalue weighted by Crippen LogP contribution is -2.18. The van der Waals surface area contributed by atoms with Crippen molar-refractivity contribution in [2.45, 2.75) is 26.8 Å². The molecule has 2 rings (SSSR count). The van der Waals surface area contributed by atoms with Gasteiger partial charge < -0.3 is 15.8 Å². The number of halogens is 1. The second kappa shape index (κ2) is 7.68. The van der Waals surface area contributed by atoms with E-state index in [9.17, 15) is 5.11 Å². The van der Waals surface area contributed by atoms with Gasteiger partial charge in [0.25, 0.3) is 0 Å². The van der Waals surface area contributed by atoms with Crippen LogP contribution < -0.4 is 5.32 Å². The second-order valence-electron chi connectivity index (χ2n) is 4.60. The number of aromatic nitrogens is 3. The number of hydrogen-bond donors (Lipinski definition) is 3. The summed E-state index contributed by atoms with van der Waals surface area (Å²) in [4.78, 5) is 12.4. The van der Waals surface area contributed by atoms with Gasteiger partial charge in [0.05, 0.1) is 11.4 Å². The minimum atomic E-state index is -0.285. The van der Waals surface area contributed by atoms with Gasteiger partial charge >= 0.3 is 0 Å². The summed E-state index contributed by atoms with van der Waals surface area (Å²) in [5.41, 5.74) is 1.27. The highest BCUT2D eigenvalue weighted by Gasteiger charge is 2.10. The molecule has 0 aromatic carbocycles. The zero-order valence-electron chi connectivity index (χ0n) is 12.2. The predicted molar refractivity (Wildman–Crippen MR) is 89.0 cm³/mol. The van der Waals surface area contributed by atoms with Crippen LogP contribution in [0.15, 0.2) is 35.4 Å². The zero-order valence-corrected chi connectivity index (χ0v) is 13.8. The van der Waals surface area contributed by atoms with Crippen LogP contribution in [-0.2, 0) is 0 Å². The summed E-state index contributed by atoms with van der Waals surface area (Å²) in [7, 11) is 0. The number of aliphatic hydroxyl groups excluding tert-OH is 1. The molecule has 0 spiro atoms. The van der Waals surface area contributed by atoms with Crippen molar-refractivity contribution in [3.8, 4) is 0 Å². The van der Waals surface area contributed by atoms with Crippen LogP contribution in [-0.4, -0.2) is 31.8 Å². The number of fused-ring (bicyclic) bond motifs is 1. The largest absolute Gasteiger partial charge is 0.511 e. The Morgan fingerprint density at radius 2 is 2.00 bits per heavy atom. The van der Waals surface area contributed by atoms with E-state index < -0.39 is 0 Å². The van der Waals surface area contributed by atoms with Gasteiger partial charge in [-0.3, -0.25) is 0 Å². The number of hydrogen-bond acceptors (Lipinski definition) is 6. The van der Waals surface area contributed by atoms with Crippen LogP contribution in [0.5, 0.6) is 0 Å². The van der Waals surface area contributed by atoms with Crippen molar-refractivity contribution in [3.05, 3.63) is 35.4 Å². The topological polar surface area (TPSA) is 94.8 Å². The molecule has 112 valence electrons. The summed E-state index contributed by atoms with van der Waals surface area (Å²) in [5, 5.41) is 19.6. The summed E-state index contributed by atoms with van der Waals surface area (Å²) in [6.07, 6.45) is 3.10. The molecule has 2 heterocycles. The number of anilines is 1. The lowest BCUT2D eigenvalue weighted by atomic mass is 10.2. The standard InChI is InChI=1S/C11H11BrN4O.C3H7N/c1-6(7(2)17)16-11-9-3-8(12)4-13-10(9)14-5-15-11;1-3(2)4/h3-6,17H,2H2,1H3,(H,13,14,15,16);4H,1-2H3. The first-order chi connectivity index (χ1) is 9.81. The molecule has 1 unspecified atom stereocenters. The summed E-state index contributed by atoms with van der Waals surface area (Å²) in [6.45, 7) is 8.77. The van der Waals surface area contributed by atoms with Gasteiger partial charge in [0.2, 0.25) is 0 Å². The molecule has 2 aromatic heterocycles. The molecule has 3 N–H and O–H groups in total. The fraction of sp³-hybridized carbons (Fsp3) is 0.286. The Bertz CT molecular complexity index is 655. The maximum Gasteiger partial charge on any atom is 0.164 e. The third-order valence-corrected chi connectivity index (χ3v) is 2.74. The number of pyridine rings is 1. The monoisotopic (exact) mass is 351 g/mol. The Kier molecular flexibility index (Phi) is 6.23. The molecule has 1 atom stereocenters. The van der Waals surface area contributed by atoms with Crippen LogP contribution in [0.3, 0.4) is 0 Å². The SMILES string of the molecule is C=C(O)C(C)Nc1ncnc2ncc(Br)cc12.CC(C)=N. The van der Waals surface area contributed by atoms with Crippen LogP contribution in [0.4, 0.5) is 5.82 Å². The van der Waals surface area contributed by atoms with Crippen LogP contribution in [0.2, 0.25) is 0 Å². The molecular weight excluding hydrogens is 334 g/mol. The normalized spacial score (nSPS) is 11.2. The van der Waals surface area contributed by atoms with E-state index >= 15 is 0 Å². The Morgan fingerprint density at radius 1 is 1.38 bits per heavy atom. The second-order valence-corrected chi connectivity index (χ2v) is 5.52. The maximum absolute atomic E-state index is 9.28. The van der Waals surface area contributed by atoms with Crippen LogP contribution in [0.1, 0.15) is 20.8 Å². The average Bonchev–Trinajstić information content (AvgIpc) is 2.38. The molecule has 0 amide bonds. The summed E-state index contributed by atoms with van der Waals surface area (Å²) in [6, 6.07) is 1.59. The van der Waals surface area contributed by atoms with E-state index in [1.807, 2.05) is 6.07 Å². The number of rotatable bonds is 3. The summed E-state index contributed by atoms with van der Waals surface area (Å²) in [5.74, 6) is 0.672. The van der Waals surface area contributed by atoms with Crippen LogP contribution >= 0.6 is 15.9 Å². The van der Waals surface area contributed by atoms with Gasteiger partial charge in [-0.1, -0.05) is 6.58 Å². The minimum absolute atomic E-state index is 0.0553. The van der Waals surface area contributed by atoms with Gasteiger partial charge in [-0.2, -0.15) is 0 Å². The van der Waals surface area contributed by atoms with E-state index in [1.54, 1.807) is 27.0 Å². The van der Waals surface area contributed by atoms with E-state index in [4.69, 9.17) is 5.41 Å². The van der Waals surface area contributed by atoms with Crippen molar-refractivity contribution in [2.24, 2.45) is 0 Å². The molecule has 0 aliphatic rings. The number of nitrogens with zero attached hydrogens (tertiary/aromatic N) is 3.